The summed E-state index contributed by atoms with van der Waals surface area (Å²) in [4.78, 5) is 32.1. The number of carbonyl (C=O) groups excluding carboxylic acids is 2. The van der Waals surface area contributed by atoms with Crippen LogP contribution in [0.4, 0.5) is 0 Å². The molecular formula is C26H27N3O2. The SMILES string of the molecule is CCNC(=O)[C@@]1(Cc2cccc(-c3ccccc3)c2)CCN(C(=O)c2ccccn2)C1. The lowest BCUT2D eigenvalue weighted by molar-refractivity contribution is -0.130. The van der Waals surface area contributed by atoms with Crippen LogP contribution in [-0.4, -0.2) is 41.3 Å². The van der Waals surface area contributed by atoms with Crippen LogP contribution in [0.5, 0.6) is 0 Å². The van der Waals surface area contributed by atoms with Crippen LogP contribution in [0.3, 0.4) is 0 Å². The fourth-order valence-electron chi connectivity index (χ4n) is 4.34. The van der Waals surface area contributed by atoms with Crippen molar-refractivity contribution < 1.29 is 9.59 Å². The number of aromatic nitrogens is 1. The van der Waals surface area contributed by atoms with Gasteiger partial charge in [-0.1, -0.05) is 60.7 Å². The molecule has 1 N–H and O–H groups in total. The van der Waals surface area contributed by atoms with Gasteiger partial charge in [0.25, 0.3) is 5.91 Å². The number of likely N-dealkylation sites (tertiary alicyclic amines) is 1. The first kappa shape index (κ1) is 20.8. The highest BCUT2D eigenvalue weighted by atomic mass is 16.2. The second-order valence-corrected chi connectivity index (χ2v) is 8.07. The van der Waals surface area contributed by atoms with Crippen LogP contribution < -0.4 is 5.32 Å². The fourth-order valence-corrected chi connectivity index (χ4v) is 4.34. The van der Waals surface area contributed by atoms with Crippen molar-refractivity contribution in [1.82, 2.24) is 15.2 Å². The molecule has 4 rings (SSSR count). The maximum Gasteiger partial charge on any atom is 0.272 e. The monoisotopic (exact) mass is 413 g/mol. The molecule has 0 spiro atoms. The standard InChI is InChI=1S/C26H27N3O2/c1-2-27-25(31)26(14-16-29(19-26)24(30)23-13-6-7-15-28-23)18-20-9-8-12-22(17-20)21-10-4-3-5-11-21/h3-13,15,17H,2,14,16,18-19H2,1H3,(H,27,31)/t26-/m1/s1. The number of pyridine rings is 1. The highest BCUT2D eigenvalue weighted by molar-refractivity contribution is 5.93. The molecule has 1 aliphatic rings. The van der Waals surface area contributed by atoms with E-state index < -0.39 is 5.41 Å². The smallest absolute Gasteiger partial charge is 0.272 e. The van der Waals surface area contributed by atoms with E-state index in [2.05, 4.69) is 40.6 Å². The summed E-state index contributed by atoms with van der Waals surface area (Å²) in [5, 5.41) is 3.00. The molecule has 2 amide bonds. The summed E-state index contributed by atoms with van der Waals surface area (Å²) in [5.74, 6) is -0.110. The summed E-state index contributed by atoms with van der Waals surface area (Å²) < 4.78 is 0. The fraction of sp³-hybridized carbons (Fsp3) is 0.269. The topological polar surface area (TPSA) is 62.3 Å². The molecule has 5 nitrogen and oxygen atoms in total. The molecule has 0 bridgehead atoms. The van der Waals surface area contributed by atoms with Crippen LogP contribution in [0, 0.1) is 5.41 Å². The summed E-state index contributed by atoms with van der Waals surface area (Å²) >= 11 is 0. The minimum absolute atomic E-state index is 0.0106. The minimum atomic E-state index is -0.643. The average molecular weight is 414 g/mol. The van der Waals surface area contributed by atoms with Gasteiger partial charge in [0.05, 0.1) is 5.41 Å². The van der Waals surface area contributed by atoms with Gasteiger partial charge < -0.3 is 10.2 Å². The number of benzene rings is 2. The van der Waals surface area contributed by atoms with Crippen molar-refractivity contribution in [3.63, 3.8) is 0 Å². The van der Waals surface area contributed by atoms with E-state index in [4.69, 9.17) is 0 Å². The normalized spacial score (nSPS) is 18.0. The van der Waals surface area contributed by atoms with Gasteiger partial charge in [-0.2, -0.15) is 0 Å². The van der Waals surface area contributed by atoms with Crippen molar-refractivity contribution in [3.8, 4) is 11.1 Å². The van der Waals surface area contributed by atoms with Gasteiger partial charge in [-0.25, -0.2) is 0 Å². The molecule has 2 heterocycles. The molecule has 1 aromatic heterocycles. The largest absolute Gasteiger partial charge is 0.356 e. The Morgan fingerprint density at radius 1 is 1.00 bits per heavy atom. The molecule has 31 heavy (non-hydrogen) atoms. The number of carbonyl (C=O) groups is 2. The molecule has 0 radical (unpaired) electrons. The molecule has 1 saturated heterocycles. The summed E-state index contributed by atoms with van der Waals surface area (Å²) in [6, 6.07) is 23.9. The number of hydrogen-bond donors (Lipinski definition) is 1. The summed E-state index contributed by atoms with van der Waals surface area (Å²) in [6.07, 6.45) is 2.84. The Bertz CT molecular complexity index is 1050. The number of rotatable bonds is 6. The second-order valence-electron chi connectivity index (χ2n) is 8.07. The van der Waals surface area contributed by atoms with E-state index >= 15 is 0 Å². The van der Waals surface area contributed by atoms with E-state index in [0.717, 1.165) is 16.7 Å². The number of nitrogens with one attached hydrogen (secondary N) is 1. The Morgan fingerprint density at radius 2 is 1.77 bits per heavy atom. The average Bonchev–Trinajstić information content (AvgIpc) is 3.25. The Hall–Kier alpha value is -3.47. The molecule has 158 valence electrons. The summed E-state index contributed by atoms with van der Waals surface area (Å²) in [6.45, 7) is 3.43. The van der Waals surface area contributed by atoms with Gasteiger partial charge in [-0.15, -0.1) is 0 Å². The molecule has 5 heteroatoms. The number of hydrogen-bond acceptors (Lipinski definition) is 3. The third kappa shape index (κ3) is 4.50. The van der Waals surface area contributed by atoms with Crippen molar-refractivity contribution in [2.45, 2.75) is 19.8 Å². The second kappa shape index (κ2) is 9.13. The van der Waals surface area contributed by atoms with Gasteiger partial charge in [-0.3, -0.25) is 14.6 Å². The molecular weight excluding hydrogens is 386 g/mol. The quantitative estimate of drug-likeness (QED) is 0.665. The molecule has 2 aromatic carbocycles. The first-order valence-electron chi connectivity index (χ1n) is 10.7. The van der Waals surface area contributed by atoms with Gasteiger partial charge in [0, 0.05) is 25.8 Å². The van der Waals surface area contributed by atoms with E-state index in [0.29, 0.717) is 38.2 Å². The van der Waals surface area contributed by atoms with E-state index in [9.17, 15) is 9.59 Å². The number of nitrogens with zero attached hydrogens (tertiary/aromatic N) is 2. The lowest BCUT2D eigenvalue weighted by Crippen LogP contribution is -2.45. The predicted octanol–water partition coefficient (Wildman–Crippen LogP) is 3.96. The van der Waals surface area contributed by atoms with Crippen LogP contribution >= 0.6 is 0 Å². The van der Waals surface area contributed by atoms with Crippen LogP contribution in [-0.2, 0) is 11.2 Å². The van der Waals surface area contributed by atoms with E-state index in [1.165, 1.54) is 0 Å². The molecule has 0 unspecified atom stereocenters. The van der Waals surface area contributed by atoms with Crippen molar-refractivity contribution in [3.05, 3.63) is 90.3 Å². The highest BCUT2D eigenvalue weighted by Crippen LogP contribution is 2.36. The highest BCUT2D eigenvalue weighted by Gasteiger charge is 2.46. The Morgan fingerprint density at radius 3 is 2.52 bits per heavy atom. The predicted molar refractivity (Wildman–Crippen MR) is 121 cm³/mol. The van der Waals surface area contributed by atoms with Crippen molar-refractivity contribution >= 4 is 11.8 Å². The molecule has 0 aliphatic carbocycles. The van der Waals surface area contributed by atoms with E-state index in [1.807, 2.05) is 37.3 Å². The zero-order chi connectivity index (χ0) is 21.7. The number of amides is 2. The van der Waals surface area contributed by atoms with Gasteiger partial charge in [0.15, 0.2) is 0 Å². The maximum absolute atomic E-state index is 13.2. The summed E-state index contributed by atoms with van der Waals surface area (Å²) in [7, 11) is 0. The van der Waals surface area contributed by atoms with Gasteiger partial charge in [-0.05, 0) is 48.6 Å². The van der Waals surface area contributed by atoms with Crippen molar-refractivity contribution in [2.75, 3.05) is 19.6 Å². The zero-order valence-electron chi connectivity index (χ0n) is 17.8. The van der Waals surface area contributed by atoms with Crippen LogP contribution in [0.2, 0.25) is 0 Å². The molecule has 1 fully saturated rings. The molecule has 1 atom stereocenters. The van der Waals surface area contributed by atoms with Gasteiger partial charge in [0.2, 0.25) is 5.91 Å². The summed E-state index contributed by atoms with van der Waals surface area (Å²) in [5.41, 5.74) is 3.15. The van der Waals surface area contributed by atoms with E-state index in [-0.39, 0.29) is 11.8 Å². The van der Waals surface area contributed by atoms with Crippen molar-refractivity contribution in [2.24, 2.45) is 5.41 Å². The third-order valence-electron chi connectivity index (χ3n) is 5.92. The maximum atomic E-state index is 13.2. The lowest BCUT2D eigenvalue weighted by atomic mass is 9.79. The zero-order valence-corrected chi connectivity index (χ0v) is 17.8. The minimum Gasteiger partial charge on any atom is -0.356 e. The van der Waals surface area contributed by atoms with Crippen LogP contribution in [0.15, 0.2) is 79.0 Å². The Kier molecular flexibility index (Phi) is 6.12. The Balaban J connectivity index is 1.59. The van der Waals surface area contributed by atoms with E-state index in [1.54, 1.807) is 23.2 Å². The molecule has 1 aliphatic heterocycles. The van der Waals surface area contributed by atoms with Gasteiger partial charge in [0.1, 0.15) is 5.69 Å². The first-order chi connectivity index (χ1) is 15.1. The molecule has 0 saturated carbocycles. The van der Waals surface area contributed by atoms with Gasteiger partial charge >= 0.3 is 0 Å². The lowest BCUT2D eigenvalue weighted by Gasteiger charge is -2.28. The van der Waals surface area contributed by atoms with Crippen molar-refractivity contribution in [1.29, 1.82) is 0 Å². The van der Waals surface area contributed by atoms with Crippen LogP contribution in [0.1, 0.15) is 29.4 Å². The first-order valence-corrected chi connectivity index (χ1v) is 10.7. The van der Waals surface area contributed by atoms with Crippen LogP contribution in [0.25, 0.3) is 11.1 Å². The molecule has 3 aromatic rings. The third-order valence-corrected chi connectivity index (χ3v) is 5.92. The Labute approximate surface area is 183 Å².